The van der Waals surface area contributed by atoms with E-state index in [1.54, 1.807) is 29.2 Å². The van der Waals surface area contributed by atoms with Crippen LogP contribution in [0, 0.1) is 12.7 Å². The second-order valence-electron chi connectivity index (χ2n) is 17.6. The van der Waals surface area contributed by atoms with Gasteiger partial charge >= 0.3 is 0 Å². The van der Waals surface area contributed by atoms with Crippen LogP contribution in [0.25, 0.3) is 11.3 Å². The summed E-state index contributed by atoms with van der Waals surface area (Å²) in [6.45, 7) is 10.2. The fraction of sp³-hybridized carbons (Fsp3) is 0.392. The molecule has 4 aliphatic heterocycles. The van der Waals surface area contributed by atoms with Crippen molar-refractivity contribution in [2.24, 2.45) is 7.05 Å². The minimum atomic E-state index is -0.479. The standard InChI is InChI=1S/C51H57FN6O6/c1-34-44(50(61)53-40-10-12-42(59)13-11-40)30-48(54(34)2)45-26-36-15-18-57(49(60)28-37-9-14-43(29-47(37)52)64-24-21-55-19-22-63-23-20-55)31-39(36)27-46(45)51(62)58-32-38-8-4-3-7-35(38)25-41(58)33-56-16-5-6-17-56/h3-4,7-14,26-27,29-30,41,59H,5-6,15-25,28,31-33H2,1-2H3,(H,53,61)/t41-/m0/s1. The van der Waals surface area contributed by atoms with Crippen LogP contribution >= 0.6 is 0 Å². The topological polar surface area (TPSA) is 120 Å². The van der Waals surface area contributed by atoms with Gasteiger partial charge in [-0.15, -0.1) is 0 Å². The Morgan fingerprint density at radius 2 is 1.59 bits per heavy atom. The van der Waals surface area contributed by atoms with Crippen molar-refractivity contribution >= 4 is 23.4 Å². The highest BCUT2D eigenvalue weighted by molar-refractivity contribution is 6.07. The maximum Gasteiger partial charge on any atom is 0.257 e. The first kappa shape index (κ1) is 43.2. The summed E-state index contributed by atoms with van der Waals surface area (Å²) in [5, 5.41) is 12.7. The fourth-order valence-corrected chi connectivity index (χ4v) is 9.70. The number of fused-ring (bicyclic) bond motifs is 2. The molecule has 4 aromatic carbocycles. The molecule has 5 aromatic rings. The Balaban J connectivity index is 1.00. The van der Waals surface area contributed by atoms with Crippen molar-refractivity contribution in [2.75, 3.05) is 71.0 Å². The lowest BCUT2D eigenvalue weighted by Crippen LogP contribution is -2.49. The van der Waals surface area contributed by atoms with Crippen LogP contribution in [0.5, 0.6) is 11.5 Å². The largest absolute Gasteiger partial charge is 0.508 e. The molecule has 0 bridgehead atoms. The number of hydrogen-bond acceptors (Lipinski definition) is 8. The zero-order valence-electron chi connectivity index (χ0n) is 36.8. The van der Waals surface area contributed by atoms with Gasteiger partial charge in [-0.2, -0.15) is 0 Å². The number of hydrogen-bond donors (Lipinski definition) is 2. The Morgan fingerprint density at radius 3 is 2.36 bits per heavy atom. The van der Waals surface area contributed by atoms with Gasteiger partial charge in [-0.05, 0) is 122 Å². The zero-order chi connectivity index (χ0) is 44.3. The first-order valence-corrected chi connectivity index (χ1v) is 22.6. The van der Waals surface area contributed by atoms with Gasteiger partial charge in [0.25, 0.3) is 11.8 Å². The molecule has 3 amide bonds. The number of phenols is 1. The number of aromatic nitrogens is 1. The predicted molar refractivity (Wildman–Crippen MR) is 243 cm³/mol. The van der Waals surface area contributed by atoms with Gasteiger partial charge in [0.1, 0.15) is 23.9 Å². The lowest BCUT2D eigenvalue weighted by molar-refractivity contribution is -0.131. The summed E-state index contributed by atoms with van der Waals surface area (Å²) in [6, 6.07) is 25.3. The van der Waals surface area contributed by atoms with E-state index in [-0.39, 0.29) is 42.5 Å². The number of rotatable bonds is 12. The number of carbonyl (C=O) groups is 3. The number of benzene rings is 4. The number of morpholine rings is 1. The summed E-state index contributed by atoms with van der Waals surface area (Å²) in [5.41, 5.74) is 8.33. The molecular formula is C51H57FN6O6. The van der Waals surface area contributed by atoms with Gasteiger partial charge < -0.3 is 39.2 Å². The van der Waals surface area contributed by atoms with E-state index in [0.717, 1.165) is 92.2 Å². The monoisotopic (exact) mass is 868 g/mol. The Kier molecular flexibility index (Phi) is 12.8. The first-order valence-electron chi connectivity index (χ1n) is 22.6. The highest BCUT2D eigenvalue weighted by Crippen LogP contribution is 2.36. The third kappa shape index (κ3) is 9.43. The molecule has 1 aromatic heterocycles. The fourth-order valence-electron chi connectivity index (χ4n) is 9.70. The quantitative estimate of drug-likeness (QED) is 0.135. The van der Waals surface area contributed by atoms with Crippen LogP contribution in [0.3, 0.4) is 0 Å². The number of nitrogens with one attached hydrogen (secondary N) is 1. The Bertz CT molecular complexity index is 2530. The van der Waals surface area contributed by atoms with Crippen LogP contribution in [-0.2, 0) is 48.9 Å². The molecule has 1 atom stereocenters. The van der Waals surface area contributed by atoms with Gasteiger partial charge in [-0.3, -0.25) is 19.3 Å². The third-order valence-electron chi connectivity index (χ3n) is 13.5. The molecular weight excluding hydrogens is 812 g/mol. The number of halogens is 1. The third-order valence-corrected chi connectivity index (χ3v) is 13.5. The minimum absolute atomic E-state index is 0.0410. The number of amides is 3. The molecule has 0 radical (unpaired) electrons. The van der Waals surface area contributed by atoms with Crippen molar-refractivity contribution in [3.05, 3.63) is 135 Å². The first-order chi connectivity index (χ1) is 31.1. The molecule has 0 saturated carbocycles. The molecule has 4 aliphatic rings. The Morgan fingerprint density at radius 1 is 0.828 bits per heavy atom. The van der Waals surface area contributed by atoms with Crippen LogP contribution in [0.2, 0.25) is 0 Å². The van der Waals surface area contributed by atoms with Crippen molar-refractivity contribution in [3.63, 3.8) is 0 Å². The van der Waals surface area contributed by atoms with Gasteiger partial charge in [0.15, 0.2) is 0 Å². The second kappa shape index (κ2) is 19.0. The maximum atomic E-state index is 15.5. The molecule has 9 rings (SSSR count). The van der Waals surface area contributed by atoms with Crippen LogP contribution in [0.4, 0.5) is 10.1 Å². The molecule has 334 valence electrons. The predicted octanol–water partition coefficient (Wildman–Crippen LogP) is 6.60. The van der Waals surface area contributed by atoms with Gasteiger partial charge in [-0.25, -0.2) is 4.39 Å². The van der Waals surface area contributed by atoms with E-state index >= 15 is 9.18 Å². The number of anilines is 1. The van der Waals surface area contributed by atoms with E-state index in [1.807, 2.05) is 41.6 Å². The van der Waals surface area contributed by atoms with Crippen molar-refractivity contribution in [2.45, 2.75) is 58.2 Å². The summed E-state index contributed by atoms with van der Waals surface area (Å²) in [4.78, 5) is 51.6. The number of likely N-dealkylation sites (tertiary alicyclic amines) is 1. The normalized spacial score (nSPS) is 17.8. The molecule has 0 unspecified atom stereocenters. The summed E-state index contributed by atoms with van der Waals surface area (Å²) < 4.78 is 28.7. The average molecular weight is 869 g/mol. The van der Waals surface area contributed by atoms with Crippen LogP contribution in [0.15, 0.2) is 84.9 Å². The number of ether oxygens (including phenoxy) is 2. The average Bonchev–Trinajstić information content (AvgIpc) is 3.93. The Hall–Kier alpha value is -6.02. The number of nitrogens with zero attached hydrogens (tertiary/aromatic N) is 5. The van der Waals surface area contributed by atoms with Crippen molar-refractivity contribution in [3.8, 4) is 22.8 Å². The second-order valence-corrected chi connectivity index (χ2v) is 17.6. The summed E-state index contributed by atoms with van der Waals surface area (Å²) in [6.07, 6.45) is 3.51. The summed E-state index contributed by atoms with van der Waals surface area (Å²) in [7, 11) is 1.91. The number of carbonyl (C=O) groups excluding carboxylic acids is 3. The molecule has 5 heterocycles. The van der Waals surface area contributed by atoms with Gasteiger partial charge in [0, 0.05) is 93.2 Å². The lowest BCUT2D eigenvalue weighted by atomic mass is 9.89. The van der Waals surface area contributed by atoms with Crippen LogP contribution in [0.1, 0.15) is 67.1 Å². The zero-order valence-corrected chi connectivity index (χ0v) is 36.8. The van der Waals surface area contributed by atoms with E-state index in [2.05, 4.69) is 39.4 Å². The SMILES string of the molecule is Cc1c(C(=O)Nc2ccc(O)cc2)cc(-c2cc3c(cc2C(=O)N2Cc4ccccc4C[C@H]2CN2CCCC2)CN(C(=O)Cc2ccc(OCCN4CCOCC4)cc2F)CC3)n1C. The van der Waals surface area contributed by atoms with Gasteiger partial charge in [0.2, 0.25) is 5.91 Å². The lowest BCUT2D eigenvalue weighted by Gasteiger charge is -2.39. The molecule has 13 heteroatoms. The molecule has 2 N–H and O–H groups in total. The molecule has 0 spiro atoms. The number of phenolic OH excluding ortho intramolecular Hbond substituents is 1. The van der Waals surface area contributed by atoms with Gasteiger partial charge in [0.05, 0.1) is 25.2 Å². The molecule has 64 heavy (non-hydrogen) atoms. The van der Waals surface area contributed by atoms with E-state index in [1.165, 1.54) is 23.8 Å². The highest BCUT2D eigenvalue weighted by Gasteiger charge is 2.35. The van der Waals surface area contributed by atoms with E-state index in [0.29, 0.717) is 67.5 Å². The smallest absolute Gasteiger partial charge is 0.257 e. The summed E-state index contributed by atoms with van der Waals surface area (Å²) in [5.74, 6) is -0.529. The minimum Gasteiger partial charge on any atom is -0.508 e. The van der Waals surface area contributed by atoms with E-state index in [4.69, 9.17) is 9.47 Å². The molecule has 2 saturated heterocycles. The molecule has 2 fully saturated rings. The van der Waals surface area contributed by atoms with Crippen LogP contribution in [-0.4, -0.2) is 119 Å². The summed E-state index contributed by atoms with van der Waals surface area (Å²) >= 11 is 0. The van der Waals surface area contributed by atoms with E-state index < -0.39 is 5.82 Å². The van der Waals surface area contributed by atoms with E-state index in [9.17, 15) is 14.7 Å². The number of aromatic hydroxyl groups is 1. The maximum absolute atomic E-state index is 15.5. The highest BCUT2D eigenvalue weighted by atomic mass is 19.1. The Labute approximate surface area is 374 Å². The molecule has 0 aliphatic carbocycles. The van der Waals surface area contributed by atoms with Crippen LogP contribution < -0.4 is 10.1 Å². The van der Waals surface area contributed by atoms with Crippen molar-refractivity contribution in [1.29, 1.82) is 0 Å². The van der Waals surface area contributed by atoms with Crippen molar-refractivity contribution < 1.29 is 33.4 Å². The van der Waals surface area contributed by atoms with Gasteiger partial charge in [-0.1, -0.05) is 30.3 Å². The molecule has 12 nitrogen and oxygen atoms in total. The van der Waals surface area contributed by atoms with Crippen molar-refractivity contribution in [1.82, 2.24) is 24.2 Å².